The second-order valence-corrected chi connectivity index (χ2v) is 6.03. The van der Waals surface area contributed by atoms with Crippen LogP contribution in [0.1, 0.15) is 36.7 Å². The van der Waals surface area contributed by atoms with Crippen LogP contribution in [0.4, 0.5) is 0 Å². The van der Waals surface area contributed by atoms with E-state index in [9.17, 15) is 14.7 Å². The van der Waals surface area contributed by atoms with Gasteiger partial charge in [0, 0.05) is 29.6 Å². The van der Waals surface area contributed by atoms with Gasteiger partial charge in [-0.2, -0.15) is 0 Å². The van der Waals surface area contributed by atoms with E-state index in [1.54, 1.807) is 12.1 Å². The Morgan fingerprint density at radius 3 is 2.37 bits per heavy atom. The topological polar surface area (TPSA) is 59.3 Å². The van der Waals surface area contributed by atoms with Crippen LogP contribution >= 0.6 is 0 Å². The molecule has 4 nitrogen and oxygen atoms in total. The average molecular weight is 261 g/mol. The van der Waals surface area contributed by atoms with Crippen LogP contribution in [-0.4, -0.2) is 15.6 Å². The first kappa shape index (κ1) is 12.5. The molecule has 1 aromatic heterocycles. The number of pyridine rings is 1. The fraction of sp³-hybridized carbons (Fsp3) is 0.600. The van der Waals surface area contributed by atoms with Crippen molar-refractivity contribution in [2.75, 3.05) is 0 Å². The summed E-state index contributed by atoms with van der Waals surface area (Å²) in [5.74, 6) is -0.218. The molecule has 0 saturated heterocycles. The van der Waals surface area contributed by atoms with Gasteiger partial charge >= 0.3 is 5.97 Å². The smallest absolute Gasteiger partial charge is 0.308 e. The van der Waals surface area contributed by atoms with Gasteiger partial charge in [0.15, 0.2) is 5.43 Å². The van der Waals surface area contributed by atoms with Crippen LogP contribution in [0, 0.1) is 31.6 Å². The molecule has 2 bridgehead atoms. The second-order valence-electron chi connectivity index (χ2n) is 6.03. The van der Waals surface area contributed by atoms with E-state index in [4.69, 9.17) is 0 Å². The van der Waals surface area contributed by atoms with Crippen LogP contribution in [0.2, 0.25) is 0 Å². The van der Waals surface area contributed by atoms with Crippen molar-refractivity contribution in [3.05, 3.63) is 33.7 Å². The fourth-order valence-corrected chi connectivity index (χ4v) is 4.32. The number of aromatic nitrogens is 1. The summed E-state index contributed by atoms with van der Waals surface area (Å²) in [5.41, 5.74) is 1.77. The van der Waals surface area contributed by atoms with Gasteiger partial charge in [0.2, 0.25) is 0 Å². The number of rotatable bonds is 2. The van der Waals surface area contributed by atoms with Crippen molar-refractivity contribution in [2.24, 2.45) is 17.8 Å². The molecule has 0 spiro atoms. The van der Waals surface area contributed by atoms with E-state index in [1.807, 2.05) is 13.8 Å². The minimum atomic E-state index is -0.685. The summed E-state index contributed by atoms with van der Waals surface area (Å²) in [7, 11) is 0. The Morgan fingerprint density at radius 1 is 1.21 bits per heavy atom. The third-order valence-corrected chi connectivity index (χ3v) is 4.92. The summed E-state index contributed by atoms with van der Waals surface area (Å²) in [4.78, 5) is 23.1. The molecular formula is C15H19NO3. The van der Waals surface area contributed by atoms with Gasteiger partial charge in [-0.1, -0.05) is 0 Å². The van der Waals surface area contributed by atoms with E-state index < -0.39 is 5.97 Å². The largest absolute Gasteiger partial charge is 0.481 e. The first-order valence-electron chi connectivity index (χ1n) is 6.91. The molecule has 0 amide bonds. The van der Waals surface area contributed by atoms with Crippen molar-refractivity contribution in [3.63, 3.8) is 0 Å². The van der Waals surface area contributed by atoms with E-state index in [2.05, 4.69) is 4.57 Å². The zero-order valence-corrected chi connectivity index (χ0v) is 11.3. The SMILES string of the molecule is Cc1cc(=O)cc(C)n1C1C2CCC(C2)C1C(=O)O. The number of fused-ring (bicyclic) bond motifs is 2. The predicted octanol–water partition coefficient (Wildman–Crippen LogP) is 2.14. The number of aryl methyl sites for hydroxylation is 2. The van der Waals surface area contributed by atoms with E-state index >= 15 is 0 Å². The van der Waals surface area contributed by atoms with Gasteiger partial charge in [-0.25, -0.2) is 0 Å². The summed E-state index contributed by atoms with van der Waals surface area (Å²) in [6.45, 7) is 3.80. The molecule has 4 atom stereocenters. The number of nitrogens with zero attached hydrogens (tertiary/aromatic N) is 1. The lowest BCUT2D eigenvalue weighted by atomic mass is 9.84. The van der Waals surface area contributed by atoms with Crippen LogP contribution in [0.25, 0.3) is 0 Å². The highest BCUT2D eigenvalue weighted by Crippen LogP contribution is 2.55. The average Bonchev–Trinajstić information content (AvgIpc) is 2.87. The molecular weight excluding hydrogens is 242 g/mol. The zero-order valence-electron chi connectivity index (χ0n) is 11.3. The third-order valence-electron chi connectivity index (χ3n) is 4.92. The molecule has 2 aliphatic rings. The van der Waals surface area contributed by atoms with E-state index in [0.717, 1.165) is 30.7 Å². The molecule has 2 saturated carbocycles. The van der Waals surface area contributed by atoms with Crippen LogP contribution < -0.4 is 5.43 Å². The number of carboxylic acid groups (broad SMARTS) is 1. The number of aliphatic carboxylic acids is 1. The van der Waals surface area contributed by atoms with Gasteiger partial charge in [-0.05, 0) is 44.9 Å². The van der Waals surface area contributed by atoms with Crippen molar-refractivity contribution in [1.29, 1.82) is 0 Å². The zero-order chi connectivity index (χ0) is 13.7. The van der Waals surface area contributed by atoms with Crippen molar-refractivity contribution in [1.82, 2.24) is 4.57 Å². The Morgan fingerprint density at radius 2 is 1.79 bits per heavy atom. The molecule has 2 aliphatic carbocycles. The molecule has 0 aromatic carbocycles. The number of hydrogen-bond donors (Lipinski definition) is 1. The maximum atomic E-state index is 11.6. The van der Waals surface area contributed by atoms with Crippen molar-refractivity contribution in [2.45, 2.75) is 39.2 Å². The maximum absolute atomic E-state index is 11.6. The highest BCUT2D eigenvalue weighted by molar-refractivity contribution is 5.72. The Labute approximate surface area is 112 Å². The number of carbonyl (C=O) groups is 1. The minimum Gasteiger partial charge on any atom is -0.481 e. The number of hydrogen-bond acceptors (Lipinski definition) is 2. The van der Waals surface area contributed by atoms with Gasteiger partial charge < -0.3 is 9.67 Å². The van der Waals surface area contributed by atoms with E-state index in [-0.39, 0.29) is 17.4 Å². The first-order chi connectivity index (χ1) is 8.99. The van der Waals surface area contributed by atoms with Crippen LogP contribution in [0.3, 0.4) is 0 Å². The third kappa shape index (κ3) is 1.81. The first-order valence-corrected chi connectivity index (χ1v) is 6.91. The van der Waals surface area contributed by atoms with Crippen LogP contribution in [0.5, 0.6) is 0 Å². The van der Waals surface area contributed by atoms with Crippen molar-refractivity contribution < 1.29 is 9.90 Å². The lowest BCUT2D eigenvalue weighted by Gasteiger charge is -2.33. The minimum absolute atomic E-state index is 0.00119. The maximum Gasteiger partial charge on any atom is 0.308 e. The van der Waals surface area contributed by atoms with Gasteiger partial charge in [0.05, 0.1) is 5.92 Å². The van der Waals surface area contributed by atoms with Crippen molar-refractivity contribution >= 4 is 5.97 Å². The highest BCUT2D eigenvalue weighted by Gasteiger charge is 2.52. The van der Waals surface area contributed by atoms with E-state index in [0.29, 0.717) is 11.8 Å². The Kier molecular flexibility index (Phi) is 2.77. The molecule has 4 heteroatoms. The molecule has 2 fully saturated rings. The number of carboxylic acids is 1. The standard InChI is InChI=1S/C15H19NO3/c1-8-5-12(17)6-9(2)16(8)14-11-4-3-10(7-11)13(14)15(18)19/h5-6,10-11,13-14H,3-4,7H2,1-2H3,(H,18,19). The molecule has 1 aromatic rings. The quantitative estimate of drug-likeness (QED) is 0.887. The van der Waals surface area contributed by atoms with Gasteiger partial charge in [0.1, 0.15) is 0 Å². The fourth-order valence-electron chi connectivity index (χ4n) is 4.32. The summed E-state index contributed by atoms with van der Waals surface area (Å²) < 4.78 is 2.09. The molecule has 1 heterocycles. The Balaban J connectivity index is 2.11. The molecule has 0 radical (unpaired) electrons. The van der Waals surface area contributed by atoms with E-state index in [1.165, 1.54) is 0 Å². The summed E-state index contributed by atoms with van der Waals surface area (Å²) in [6, 6.07) is 3.24. The molecule has 3 rings (SSSR count). The summed E-state index contributed by atoms with van der Waals surface area (Å²) in [5, 5.41) is 9.53. The van der Waals surface area contributed by atoms with Gasteiger partial charge in [0.25, 0.3) is 0 Å². The molecule has 0 aliphatic heterocycles. The predicted molar refractivity (Wildman–Crippen MR) is 71.2 cm³/mol. The lowest BCUT2D eigenvalue weighted by molar-refractivity contribution is -0.145. The van der Waals surface area contributed by atoms with Crippen molar-refractivity contribution in [3.8, 4) is 0 Å². The molecule has 19 heavy (non-hydrogen) atoms. The monoisotopic (exact) mass is 261 g/mol. The Hall–Kier alpha value is -1.58. The molecule has 4 unspecified atom stereocenters. The van der Waals surface area contributed by atoms with Crippen LogP contribution in [0.15, 0.2) is 16.9 Å². The van der Waals surface area contributed by atoms with Gasteiger partial charge in [-0.15, -0.1) is 0 Å². The molecule has 102 valence electrons. The highest BCUT2D eigenvalue weighted by atomic mass is 16.4. The Bertz CT molecular complexity index is 563. The van der Waals surface area contributed by atoms with Crippen LogP contribution in [-0.2, 0) is 4.79 Å². The summed E-state index contributed by atoms with van der Waals surface area (Å²) in [6.07, 6.45) is 3.17. The molecule has 1 N–H and O–H groups in total. The lowest BCUT2D eigenvalue weighted by Crippen LogP contribution is -2.34. The second kappa shape index (κ2) is 4.22. The van der Waals surface area contributed by atoms with Gasteiger partial charge in [-0.3, -0.25) is 9.59 Å². The normalized spacial score (nSPS) is 32.7. The summed E-state index contributed by atoms with van der Waals surface area (Å²) >= 11 is 0.